The largest absolute Gasteiger partial charge is 0.508 e. The number of guanidine groups is 1. The van der Waals surface area contributed by atoms with Gasteiger partial charge in [0.15, 0.2) is 5.96 Å². The van der Waals surface area contributed by atoms with Crippen LogP contribution in [0.4, 0.5) is 10.1 Å². The highest BCUT2D eigenvalue weighted by Gasteiger charge is 2.05. The van der Waals surface area contributed by atoms with E-state index in [2.05, 4.69) is 36.5 Å². The molecule has 146 valence electrons. The zero-order valence-corrected chi connectivity index (χ0v) is 16.7. The zero-order chi connectivity index (χ0) is 19.8. The molecule has 0 unspecified atom stereocenters. The molecular weight excluding hydrogens is 425 g/mol. The monoisotopic (exact) mass is 445 g/mol. The summed E-state index contributed by atoms with van der Waals surface area (Å²) in [5, 5.41) is 15.9. The predicted octanol–water partition coefficient (Wildman–Crippen LogP) is 4.14. The number of benzene rings is 2. The number of aromatic nitrogens is 2. The van der Waals surface area contributed by atoms with Crippen molar-refractivity contribution in [3.05, 3.63) is 77.0 Å². The summed E-state index contributed by atoms with van der Waals surface area (Å²) in [4.78, 5) is 8.52. The first-order chi connectivity index (χ1) is 13.6. The van der Waals surface area contributed by atoms with Gasteiger partial charge in [0.25, 0.3) is 0 Å². The summed E-state index contributed by atoms with van der Waals surface area (Å²) in [6.45, 7) is 1.71. The number of nitrogens with zero attached hydrogens (tertiary/aromatic N) is 3. The van der Waals surface area contributed by atoms with Crippen LogP contribution in [0.25, 0.3) is 0 Å². The van der Waals surface area contributed by atoms with Crippen molar-refractivity contribution in [3.63, 3.8) is 0 Å². The first kappa shape index (κ1) is 19.9. The van der Waals surface area contributed by atoms with Crippen molar-refractivity contribution in [2.45, 2.75) is 19.5 Å². The van der Waals surface area contributed by atoms with Crippen molar-refractivity contribution in [2.24, 2.45) is 4.99 Å². The lowest BCUT2D eigenvalue weighted by Gasteiger charge is -2.13. The molecular formula is C20H21BrFN5O. The van der Waals surface area contributed by atoms with Crippen LogP contribution in [0.5, 0.6) is 5.75 Å². The maximum absolute atomic E-state index is 14.0. The normalized spacial score (nSPS) is 11.4. The highest BCUT2D eigenvalue weighted by Crippen LogP contribution is 2.17. The van der Waals surface area contributed by atoms with Gasteiger partial charge in [-0.25, -0.2) is 14.4 Å². The van der Waals surface area contributed by atoms with Crippen molar-refractivity contribution in [2.75, 3.05) is 11.9 Å². The second-order valence-corrected chi connectivity index (χ2v) is 7.07. The number of nitrogens with one attached hydrogen (secondary N) is 2. The maximum Gasteiger partial charge on any atom is 0.196 e. The number of aliphatic imine (C=N–C) groups is 1. The van der Waals surface area contributed by atoms with Gasteiger partial charge >= 0.3 is 0 Å². The second-order valence-electron chi connectivity index (χ2n) is 6.15. The fourth-order valence-electron chi connectivity index (χ4n) is 2.54. The first-order valence-corrected chi connectivity index (χ1v) is 9.63. The number of phenolic OH excluding ortho intramolecular Hbond substituents is 1. The molecule has 0 aliphatic heterocycles. The standard InChI is InChI=1S/C20H21BrFN5O/c21-16-2-7-19(22)15(12-16)13-25-20(26-17-3-5-18(28)6-4-17)24-8-1-10-27-11-9-23-14-27/h2-7,9,11-12,14,28H,1,8,10,13H2,(H2,24,25,26). The molecule has 1 heterocycles. The van der Waals surface area contributed by atoms with Crippen LogP contribution < -0.4 is 10.6 Å². The fourth-order valence-corrected chi connectivity index (χ4v) is 2.95. The van der Waals surface area contributed by atoms with Crippen LogP contribution in [0.3, 0.4) is 0 Å². The molecule has 8 heteroatoms. The molecule has 3 N–H and O–H groups in total. The molecule has 2 aromatic carbocycles. The molecule has 0 spiro atoms. The number of halogens is 2. The Morgan fingerprint density at radius 1 is 1.21 bits per heavy atom. The molecule has 0 saturated carbocycles. The molecule has 3 aromatic rings. The molecule has 0 bridgehead atoms. The SMILES string of the molecule is Oc1ccc(NC(=NCc2cc(Br)ccc2F)NCCCn2ccnc2)cc1. The van der Waals surface area contributed by atoms with Crippen molar-refractivity contribution < 1.29 is 9.50 Å². The Morgan fingerprint density at radius 2 is 2.04 bits per heavy atom. The van der Waals surface area contributed by atoms with E-state index < -0.39 is 0 Å². The number of rotatable bonds is 7. The fraction of sp³-hybridized carbons (Fsp3) is 0.200. The second kappa shape index (κ2) is 9.89. The van der Waals surface area contributed by atoms with Crippen LogP contribution in [0.1, 0.15) is 12.0 Å². The summed E-state index contributed by atoms with van der Waals surface area (Å²) in [5.74, 6) is 0.431. The van der Waals surface area contributed by atoms with Gasteiger partial charge in [0.2, 0.25) is 0 Å². The average Bonchev–Trinajstić information content (AvgIpc) is 3.20. The van der Waals surface area contributed by atoms with Crippen molar-refractivity contribution in [3.8, 4) is 5.75 Å². The number of aromatic hydroxyl groups is 1. The number of imidazole rings is 1. The first-order valence-electron chi connectivity index (χ1n) is 8.84. The summed E-state index contributed by atoms with van der Waals surface area (Å²) in [6.07, 6.45) is 6.32. The third-order valence-corrected chi connectivity index (χ3v) is 4.48. The van der Waals surface area contributed by atoms with E-state index >= 15 is 0 Å². The van der Waals surface area contributed by atoms with Crippen LogP contribution in [0, 0.1) is 5.82 Å². The van der Waals surface area contributed by atoms with Crippen LogP contribution in [-0.2, 0) is 13.1 Å². The van der Waals surface area contributed by atoms with E-state index in [0.29, 0.717) is 18.1 Å². The molecule has 28 heavy (non-hydrogen) atoms. The molecule has 0 radical (unpaired) electrons. The van der Waals surface area contributed by atoms with E-state index in [1.165, 1.54) is 6.07 Å². The van der Waals surface area contributed by atoms with Gasteiger partial charge in [0.1, 0.15) is 11.6 Å². The number of hydrogen-bond acceptors (Lipinski definition) is 3. The minimum atomic E-state index is -0.295. The lowest BCUT2D eigenvalue weighted by Crippen LogP contribution is -2.32. The quantitative estimate of drug-likeness (QED) is 0.221. The molecule has 0 aliphatic carbocycles. The lowest BCUT2D eigenvalue weighted by molar-refractivity contribution is 0.475. The van der Waals surface area contributed by atoms with Gasteiger partial charge in [0.05, 0.1) is 12.9 Å². The Balaban J connectivity index is 1.65. The summed E-state index contributed by atoms with van der Waals surface area (Å²) < 4.78 is 16.8. The summed E-state index contributed by atoms with van der Waals surface area (Å²) in [6, 6.07) is 11.5. The van der Waals surface area contributed by atoms with Gasteiger partial charge in [-0.1, -0.05) is 15.9 Å². The van der Waals surface area contributed by atoms with E-state index in [4.69, 9.17) is 0 Å². The van der Waals surface area contributed by atoms with E-state index in [-0.39, 0.29) is 18.1 Å². The summed E-state index contributed by atoms with van der Waals surface area (Å²) in [5.41, 5.74) is 1.27. The number of anilines is 1. The summed E-state index contributed by atoms with van der Waals surface area (Å²) in [7, 11) is 0. The minimum Gasteiger partial charge on any atom is -0.508 e. The third-order valence-electron chi connectivity index (χ3n) is 3.99. The van der Waals surface area contributed by atoms with Crippen molar-refractivity contribution >= 4 is 27.6 Å². The Morgan fingerprint density at radius 3 is 2.79 bits per heavy atom. The maximum atomic E-state index is 14.0. The van der Waals surface area contributed by atoms with Crippen molar-refractivity contribution in [1.82, 2.24) is 14.9 Å². The van der Waals surface area contributed by atoms with Crippen LogP contribution in [0.15, 0.2) is 70.7 Å². The topological polar surface area (TPSA) is 74.5 Å². The number of hydrogen-bond donors (Lipinski definition) is 3. The van der Waals surface area contributed by atoms with Crippen LogP contribution >= 0.6 is 15.9 Å². The molecule has 0 fully saturated rings. The minimum absolute atomic E-state index is 0.188. The van der Waals surface area contributed by atoms with Gasteiger partial charge < -0.3 is 20.3 Å². The molecule has 0 atom stereocenters. The van der Waals surface area contributed by atoms with E-state index in [9.17, 15) is 9.50 Å². The Bertz CT molecular complexity index is 913. The highest BCUT2D eigenvalue weighted by atomic mass is 79.9. The Kier molecular flexibility index (Phi) is 7.02. The molecule has 0 aliphatic rings. The molecule has 3 rings (SSSR count). The Hall–Kier alpha value is -2.87. The molecule has 1 aromatic heterocycles. The van der Waals surface area contributed by atoms with Gasteiger partial charge in [-0.05, 0) is 48.9 Å². The number of aryl methyl sites for hydroxylation is 1. The smallest absolute Gasteiger partial charge is 0.196 e. The molecule has 0 saturated heterocycles. The molecule has 6 nitrogen and oxygen atoms in total. The van der Waals surface area contributed by atoms with Gasteiger partial charge in [-0.2, -0.15) is 0 Å². The summed E-state index contributed by atoms with van der Waals surface area (Å²) >= 11 is 3.36. The van der Waals surface area contributed by atoms with Gasteiger partial charge in [-0.3, -0.25) is 0 Å². The van der Waals surface area contributed by atoms with Gasteiger partial charge in [-0.15, -0.1) is 0 Å². The van der Waals surface area contributed by atoms with E-state index in [1.54, 1.807) is 48.9 Å². The predicted molar refractivity (Wildman–Crippen MR) is 112 cm³/mol. The average molecular weight is 446 g/mol. The highest BCUT2D eigenvalue weighted by molar-refractivity contribution is 9.10. The number of phenols is 1. The van der Waals surface area contributed by atoms with E-state index in [1.807, 2.05) is 10.8 Å². The van der Waals surface area contributed by atoms with Crippen LogP contribution in [0.2, 0.25) is 0 Å². The van der Waals surface area contributed by atoms with E-state index in [0.717, 1.165) is 23.1 Å². The third kappa shape index (κ3) is 6.09. The lowest BCUT2D eigenvalue weighted by atomic mass is 10.2. The zero-order valence-electron chi connectivity index (χ0n) is 15.1. The Labute approximate surface area is 171 Å². The molecule has 0 amide bonds. The van der Waals surface area contributed by atoms with Gasteiger partial charge in [0, 0.05) is 41.2 Å². The van der Waals surface area contributed by atoms with Crippen LogP contribution in [-0.4, -0.2) is 27.2 Å². The van der Waals surface area contributed by atoms with Crippen molar-refractivity contribution in [1.29, 1.82) is 0 Å².